The Bertz CT molecular complexity index is 1050. The summed E-state index contributed by atoms with van der Waals surface area (Å²) in [6.07, 6.45) is 0.763. The van der Waals surface area contributed by atoms with E-state index in [0.717, 1.165) is 36.5 Å². The summed E-state index contributed by atoms with van der Waals surface area (Å²) in [5.74, 6) is 2.59. The van der Waals surface area contributed by atoms with Crippen molar-refractivity contribution >= 4 is 16.9 Å². The van der Waals surface area contributed by atoms with E-state index in [0.29, 0.717) is 29.2 Å². The standard InChI is InChI=1S/C21H23N3O4/c1-26-17-12-14(13-18(27-2)19(17)28-3)8-9-23-10-11-24-20(25)15-6-4-5-7-16(15)22-21(23)24/h4-7,12-13H,8-11H2,1-3H3. The molecule has 0 bridgehead atoms. The number of nitrogens with zero attached hydrogens (tertiary/aromatic N) is 3. The van der Waals surface area contributed by atoms with Crippen LogP contribution in [0, 0.1) is 0 Å². The molecule has 1 aliphatic heterocycles. The molecule has 0 radical (unpaired) electrons. The topological polar surface area (TPSA) is 65.8 Å². The summed E-state index contributed by atoms with van der Waals surface area (Å²) < 4.78 is 18.0. The van der Waals surface area contributed by atoms with Gasteiger partial charge in [-0.05, 0) is 36.2 Å². The minimum absolute atomic E-state index is 0.0240. The molecule has 0 saturated heterocycles. The second-order valence-electron chi connectivity index (χ2n) is 6.66. The first-order valence-electron chi connectivity index (χ1n) is 9.19. The first kappa shape index (κ1) is 18.2. The molecule has 0 aliphatic carbocycles. The highest BCUT2D eigenvalue weighted by Gasteiger charge is 2.23. The van der Waals surface area contributed by atoms with Crippen molar-refractivity contribution in [2.75, 3.05) is 39.3 Å². The fourth-order valence-electron chi connectivity index (χ4n) is 3.68. The summed E-state index contributed by atoms with van der Waals surface area (Å²) >= 11 is 0. The Hall–Kier alpha value is -3.22. The predicted molar refractivity (Wildman–Crippen MR) is 108 cm³/mol. The molecule has 7 heteroatoms. The number of ether oxygens (including phenoxy) is 3. The van der Waals surface area contributed by atoms with Crippen LogP contribution in [-0.2, 0) is 13.0 Å². The quantitative estimate of drug-likeness (QED) is 0.654. The van der Waals surface area contributed by atoms with E-state index >= 15 is 0 Å². The van der Waals surface area contributed by atoms with Gasteiger partial charge in [0.25, 0.3) is 5.56 Å². The Morgan fingerprint density at radius 1 is 1.00 bits per heavy atom. The molecule has 0 N–H and O–H groups in total. The number of methoxy groups -OCH3 is 3. The lowest BCUT2D eigenvalue weighted by atomic mass is 10.1. The molecule has 28 heavy (non-hydrogen) atoms. The Labute approximate surface area is 163 Å². The molecule has 146 valence electrons. The normalized spacial score (nSPS) is 12.9. The molecule has 1 aromatic heterocycles. The molecule has 0 amide bonds. The van der Waals surface area contributed by atoms with Crippen LogP contribution in [0.2, 0.25) is 0 Å². The zero-order valence-electron chi connectivity index (χ0n) is 16.3. The largest absolute Gasteiger partial charge is 0.493 e. The summed E-state index contributed by atoms with van der Waals surface area (Å²) in [6.45, 7) is 2.16. The highest BCUT2D eigenvalue weighted by atomic mass is 16.5. The van der Waals surface area contributed by atoms with Crippen LogP contribution in [0.3, 0.4) is 0 Å². The maximum absolute atomic E-state index is 12.7. The first-order chi connectivity index (χ1) is 13.7. The summed E-state index contributed by atoms with van der Waals surface area (Å²) in [5.41, 5.74) is 1.82. The van der Waals surface area contributed by atoms with Gasteiger partial charge >= 0.3 is 0 Å². The lowest BCUT2D eigenvalue weighted by molar-refractivity contribution is 0.324. The van der Waals surface area contributed by atoms with E-state index in [2.05, 4.69) is 4.90 Å². The minimum Gasteiger partial charge on any atom is -0.493 e. The van der Waals surface area contributed by atoms with Crippen LogP contribution in [0.25, 0.3) is 10.9 Å². The average Bonchev–Trinajstić information content (AvgIpc) is 3.14. The molecule has 0 spiro atoms. The summed E-state index contributed by atoms with van der Waals surface area (Å²) in [4.78, 5) is 19.6. The van der Waals surface area contributed by atoms with Crippen LogP contribution < -0.4 is 24.7 Å². The summed E-state index contributed by atoms with van der Waals surface area (Å²) in [6, 6.07) is 11.4. The second kappa shape index (κ2) is 7.42. The highest BCUT2D eigenvalue weighted by Crippen LogP contribution is 2.38. The lowest BCUT2D eigenvalue weighted by Crippen LogP contribution is -2.25. The molecule has 7 nitrogen and oxygen atoms in total. The molecule has 1 aliphatic rings. The molecule has 2 heterocycles. The van der Waals surface area contributed by atoms with Gasteiger partial charge in [-0.15, -0.1) is 0 Å². The molecule has 4 rings (SSSR count). The zero-order valence-corrected chi connectivity index (χ0v) is 16.3. The van der Waals surface area contributed by atoms with E-state index in [9.17, 15) is 4.79 Å². The minimum atomic E-state index is 0.0240. The van der Waals surface area contributed by atoms with Gasteiger partial charge in [-0.1, -0.05) is 12.1 Å². The van der Waals surface area contributed by atoms with Crippen molar-refractivity contribution in [3.63, 3.8) is 0 Å². The maximum atomic E-state index is 12.7. The van der Waals surface area contributed by atoms with Crippen molar-refractivity contribution in [1.29, 1.82) is 0 Å². The van der Waals surface area contributed by atoms with Crippen molar-refractivity contribution in [2.45, 2.75) is 13.0 Å². The third kappa shape index (κ3) is 3.02. The SMILES string of the molecule is COc1cc(CCN2CCn3c2nc2ccccc2c3=O)cc(OC)c1OC. The molecule has 0 saturated carbocycles. The predicted octanol–water partition coefficient (Wildman–Crippen LogP) is 2.49. The van der Waals surface area contributed by atoms with Gasteiger partial charge in [-0.25, -0.2) is 4.98 Å². The third-order valence-electron chi connectivity index (χ3n) is 5.11. The first-order valence-corrected chi connectivity index (χ1v) is 9.19. The fraction of sp³-hybridized carbons (Fsp3) is 0.333. The number of anilines is 1. The van der Waals surface area contributed by atoms with Crippen molar-refractivity contribution in [1.82, 2.24) is 9.55 Å². The van der Waals surface area contributed by atoms with Crippen LogP contribution in [0.15, 0.2) is 41.2 Å². The molecular formula is C21H23N3O4. The van der Waals surface area contributed by atoms with Crippen LogP contribution in [0.4, 0.5) is 5.95 Å². The lowest BCUT2D eigenvalue weighted by Gasteiger charge is -2.19. The number of benzene rings is 2. The van der Waals surface area contributed by atoms with Gasteiger partial charge in [-0.2, -0.15) is 0 Å². The molecule has 0 fully saturated rings. The smallest absolute Gasteiger partial charge is 0.262 e. The average molecular weight is 381 g/mol. The van der Waals surface area contributed by atoms with Crippen molar-refractivity contribution in [3.8, 4) is 17.2 Å². The zero-order chi connectivity index (χ0) is 19.7. The van der Waals surface area contributed by atoms with E-state index in [4.69, 9.17) is 19.2 Å². The van der Waals surface area contributed by atoms with Crippen LogP contribution in [-0.4, -0.2) is 44.0 Å². The van der Waals surface area contributed by atoms with E-state index < -0.39 is 0 Å². The van der Waals surface area contributed by atoms with E-state index in [1.54, 1.807) is 25.9 Å². The van der Waals surface area contributed by atoms with Crippen molar-refractivity contribution < 1.29 is 14.2 Å². The number of hydrogen-bond donors (Lipinski definition) is 0. The monoisotopic (exact) mass is 381 g/mol. The number of hydrogen-bond acceptors (Lipinski definition) is 6. The van der Waals surface area contributed by atoms with E-state index in [1.165, 1.54) is 0 Å². The second-order valence-corrected chi connectivity index (χ2v) is 6.66. The molecule has 2 aromatic carbocycles. The highest BCUT2D eigenvalue weighted by molar-refractivity contribution is 5.78. The number of fused-ring (bicyclic) bond motifs is 2. The molecule has 3 aromatic rings. The Kier molecular flexibility index (Phi) is 4.81. The molecule has 0 unspecified atom stereocenters. The van der Waals surface area contributed by atoms with Gasteiger partial charge in [-0.3, -0.25) is 9.36 Å². The number of para-hydroxylation sites is 1. The van der Waals surface area contributed by atoms with Gasteiger partial charge < -0.3 is 19.1 Å². The summed E-state index contributed by atoms with van der Waals surface area (Å²) in [5, 5.41) is 0.665. The third-order valence-corrected chi connectivity index (χ3v) is 5.11. The van der Waals surface area contributed by atoms with Gasteiger partial charge in [0.05, 0.1) is 32.2 Å². The Morgan fingerprint density at radius 2 is 1.71 bits per heavy atom. The fourth-order valence-corrected chi connectivity index (χ4v) is 3.68. The number of aromatic nitrogens is 2. The van der Waals surface area contributed by atoms with Gasteiger partial charge in [0.15, 0.2) is 11.5 Å². The van der Waals surface area contributed by atoms with Gasteiger partial charge in [0.1, 0.15) is 0 Å². The van der Waals surface area contributed by atoms with Crippen LogP contribution in [0.5, 0.6) is 17.2 Å². The Morgan fingerprint density at radius 3 is 2.39 bits per heavy atom. The Balaban J connectivity index is 1.61. The van der Waals surface area contributed by atoms with E-state index in [1.807, 2.05) is 36.4 Å². The van der Waals surface area contributed by atoms with E-state index in [-0.39, 0.29) is 5.56 Å². The maximum Gasteiger partial charge on any atom is 0.262 e. The summed E-state index contributed by atoms with van der Waals surface area (Å²) in [7, 11) is 4.81. The van der Waals surface area contributed by atoms with Gasteiger partial charge in [0.2, 0.25) is 11.7 Å². The molecular weight excluding hydrogens is 358 g/mol. The van der Waals surface area contributed by atoms with Crippen molar-refractivity contribution in [2.24, 2.45) is 0 Å². The number of rotatable bonds is 6. The van der Waals surface area contributed by atoms with Crippen molar-refractivity contribution in [3.05, 3.63) is 52.3 Å². The van der Waals surface area contributed by atoms with Gasteiger partial charge in [0, 0.05) is 19.6 Å². The van der Waals surface area contributed by atoms with Crippen LogP contribution >= 0.6 is 0 Å². The van der Waals surface area contributed by atoms with Crippen LogP contribution in [0.1, 0.15) is 5.56 Å². The molecule has 0 atom stereocenters.